The number of hydrogen-bond acceptors (Lipinski definition) is 2. The van der Waals surface area contributed by atoms with E-state index >= 15 is 0 Å². The Kier molecular flexibility index (Phi) is 4.46. The summed E-state index contributed by atoms with van der Waals surface area (Å²) in [5, 5.41) is 10.5. The zero-order valence-corrected chi connectivity index (χ0v) is 13.8. The van der Waals surface area contributed by atoms with E-state index in [-0.39, 0.29) is 11.4 Å². The zero-order chi connectivity index (χ0) is 16.4. The SMILES string of the molecule is CC#Cc1cc(C)c(-c2c(O)n(CC)n(CC)c2=O)c(C)c1. The van der Waals surface area contributed by atoms with Gasteiger partial charge in [-0.1, -0.05) is 5.92 Å². The molecule has 0 spiro atoms. The maximum absolute atomic E-state index is 12.7. The highest BCUT2D eigenvalue weighted by Gasteiger charge is 2.22. The zero-order valence-electron chi connectivity index (χ0n) is 13.8. The Morgan fingerprint density at radius 2 is 1.59 bits per heavy atom. The lowest BCUT2D eigenvalue weighted by Gasteiger charge is -2.09. The highest BCUT2D eigenvalue weighted by atomic mass is 16.3. The van der Waals surface area contributed by atoms with E-state index in [1.165, 1.54) is 0 Å². The van der Waals surface area contributed by atoms with Crippen molar-refractivity contribution in [2.75, 3.05) is 0 Å². The fourth-order valence-corrected chi connectivity index (χ4v) is 3.01. The Morgan fingerprint density at radius 1 is 1.05 bits per heavy atom. The second kappa shape index (κ2) is 6.15. The molecule has 0 aliphatic carbocycles. The summed E-state index contributed by atoms with van der Waals surface area (Å²) in [4.78, 5) is 12.7. The number of aromatic hydroxyl groups is 1. The van der Waals surface area contributed by atoms with Crippen molar-refractivity contribution >= 4 is 0 Å². The fraction of sp³-hybridized carbons (Fsp3) is 0.389. The van der Waals surface area contributed by atoms with Crippen LogP contribution in [0.4, 0.5) is 0 Å². The summed E-state index contributed by atoms with van der Waals surface area (Å²) in [5.74, 6) is 5.95. The summed E-state index contributed by atoms with van der Waals surface area (Å²) in [6.45, 7) is 10.6. The van der Waals surface area contributed by atoms with Gasteiger partial charge in [0, 0.05) is 18.7 Å². The van der Waals surface area contributed by atoms with Crippen LogP contribution < -0.4 is 5.56 Å². The first-order valence-electron chi connectivity index (χ1n) is 7.53. The second-order valence-electron chi connectivity index (χ2n) is 5.30. The summed E-state index contributed by atoms with van der Waals surface area (Å²) in [7, 11) is 0. The van der Waals surface area contributed by atoms with Crippen LogP contribution >= 0.6 is 0 Å². The predicted molar refractivity (Wildman–Crippen MR) is 89.2 cm³/mol. The Bertz CT molecular complexity index is 806. The van der Waals surface area contributed by atoms with Crippen LogP contribution in [0.5, 0.6) is 5.88 Å². The molecule has 2 aromatic rings. The van der Waals surface area contributed by atoms with E-state index in [1.807, 2.05) is 39.8 Å². The smallest absolute Gasteiger partial charge is 0.278 e. The van der Waals surface area contributed by atoms with E-state index in [0.29, 0.717) is 18.7 Å². The average Bonchev–Trinajstić information content (AvgIpc) is 2.70. The number of aromatic nitrogens is 2. The van der Waals surface area contributed by atoms with Crippen LogP contribution in [0.15, 0.2) is 16.9 Å². The van der Waals surface area contributed by atoms with Crippen LogP contribution in [0.3, 0.4) is 0 Å². The average molecular weight is 298 g/mol. The highest BCUT2D eigenvalue weighted by Crippen LogP contribution is 2.32. The van der Waals surface area contributed by atoms with E-state index in [4.69, 9.17) is 0 Å². The second-order valence-corrected chi connectivity index (χ2v) is 5.30. The molecule has 0 aliphatic rings. The molecule has 116 valence electrons. The molecule has 1 aromatic heterocycles. The predicted octanol–water partition coefficient (Wildman–Crippen LogP) is 3.05. The third kappa shape index (κ3) is 2.43. The van der Waals surface area contributed by atoms with Gasteiger partial charge in [-0.15, -0.1) is 5.92 Å². The van der Waals surface area contributed by atoms with Gasteiger partial charge in [-0.3, -0.25) is 9.48 Å². The molecule has 0 radical (unpaired) electrons. The summed E-state index contributed by atoms with van der Waals surface area (Å²) in [6, 6.07) is 3.91. The Morgan fingerprint density at radius 3 is 2.00 bits per heavy atom. The van der Waals surface area contributed by atoms with Crippen molar-refractivity contribution in [2.24, 2.45) is 0 Å². The lowest BCUT2D eigenvalue weighted by molar-refractivity contribution is 0.366. The van der Waals surface area contributed by atoms with Crippen LogP contribution in [0.2, 0.25) is 0 Å². The highest BCUT2D eigenvalue weighted by molar-refractivity contribution is 5.75. The van der Waals surface area contributed by atoms with Crippen LogP contribution in [-0.2, 0) is 13.1 Å². The van der Waals surface area contributed by atoms with Crippen LogP contribution in [0.25, 0.3) is 11.1 Å². The van der Waals surface area contributed by atoms with Gasteiger partial charge >= 0.3 is 0 Å². The maximum atomic E-state index is 12.7. The van der Waals surface area contributed by atoms with Gasteiger partial charge in [0.2, 0.25) is 5.88 Å². The Hall–Kier alpha value is -2.41. The lowest BCUT2D eigenvalue weighted by atomic mass is 9.95. The molecular weight excluding hydrogens is 276 g/mol. The van der Waals surface area contributed by atoms with E-state index in [2.05, 4.69) is 11.8 Å². The van der Waals surface area contributed by atoms with Crippen LogP contribution in [0.1, 0.15) is 37.5 Å². The molecule has 4 heteroatoms. The standard InChI is InChI=1S/C18H22N2O2/c1-6-9-14-10-12(4)15(13(5)11-14)16-17(21)19(7-2)20(8-3)18(16)22/h10-11,21H,7-8H2,1-5H3. The molecular formula is C18H22N2O2. The number of benzene rings is 1. The van der Waals surface area contributed by atoms with Crippen LogP contribution in [-0.4, -0.2) is 14.5 Å². The molecule has 4 nitrogen and oxygen atoms in total. The third-order valence-corrected chi connectivity index (χ3v) is 3.86. The van der Waals surface area contributed by atoms with Gasteiger partial charge in [0.05, 0.1) is 0 Å². The van der Waals surface area contributed by atoms with Gasteiger partial charge in [0.25, 0.3) is 5.56 Å². The molecule has 0 unspecified atom stereocenters. The molecule has 1 heterocycles. The number of aryl methyl sites for hydroxylation is 2. The first-order chi connectivity index (χ1) is 10.5. The van der Waals surface area contributed by atoms with Crippen molar-refractivity contribution in [1.82, 2.24) is 9.36 Å². The van der Waals surface area contributed by atoms with Gasteiger partial charge in [-0.05, 0) is 63.4 Å². The summed E-state index contributed by atoms with van der Waals surface area (Å²) in [5.41, 5.74) is 3.85. The van der Waals surface area contributed by atoms with Crippen molar-refractivity contribution < 1.29 is 5.11 Å². The fourth-order valence-electron chi connectivity index (χ4n) is 3.01. The topological polar surface area (TPSA) is 47.2 Å². The summed E-state index contributed by atoms with van der Waals surface area (Å²) < 4.78 is 3.19. The monoisotopic (exact) mass is 298 g/mol. The number of nitrogens with zero attached hydrogens (tertiary/aromatic N) is 2. The van der Waals surface area contributed by atoms with E-state index in [1.54, 1.807) is 16.3 Å². The molecule has 0 amide bonds. The van der Waals surface area contributed by atoms with Crippen molar-refractivity contribution in [3.05, 3.63) is 39.2 Å². The minimum absolute atomic E-state index is 0.0369. The molecule has 2 rings (SSSR count). The van der Waals surface area contributed by atoms with E-state index in [0.717, 1.165) is 22.3 Å². The minimum atomic E-state index is -0.151. The Labute approximate surface area is 131 Å². The molecule has 0 saturated heterocycles. The quantitative estimate of drug-likeness (QED) is 0.885. The molecule has 1 aromatic carbocycles. The van der Waals surface area contributed by atoms with E-state index < -0.39 is 0 Å². The normalized spacial score (nSPS) is 10.4. The third-order valence-electron chi connectivity index (χ3n) is 3.86. The van der Waals surface area contributed by atoms with Gasteiger partial charge in [0.15, 0.2) is 0 Å². The van der Waals surface area contributed by atoms with Crippen molar-refractivity contribution in [3.8, 4) is 28.8 Å². The molecule has 0 aliphatic heterocycles. The maximum Gasteiger partial charge on any atom is 0.278 e. The largest absolute Gasteiger partial charge is 0.493 e. The van der Waals surface area contributed by atoms with Crippen LogP contribution in [0, 0.1) is 25.7 Å². The minimum Gasteiger partial charge on any atom is -0.493 e. The molecule has 0 saturated carbocycles. The van der Waals surface area contributed by atoms with Gasteiger partial charge in [0.1, 0.15) is 5.56 Å². The number of hydrogen-bond donors (Lipinski definition) is 1. The molecule has 22 heavy (non-hydrogen) atoms. The van der Waals surface area contributed by atoms with E-state index in [9.17, 15) is 9.90 Å². The summed E-state index contributed by atoms with van der Waals surface area (Å²) >= 11 is 0. The van der Waals surface area contributed by atoms with Gasteiger partial charge in [-0.25, -0.2) is 4.68 Å². The molecule has 1 N–H and O–H groups in total. The first kappa shape index (κ1) is 16.0. The molecule has 0 atom stereocenters. The summed E-state index contributed by atoms with van der Waals surface area (Å²) in [6.07, 6.45) is 0. The lowest BCUT2D eigenvalue weighted by Crippen LogP contribution is -2.22. The first-order valence-corrected chi connectivity index (χ1v) is 7.53. The molecule has 0 fully saturated rings. The van der Waals surface area contributed by atoms with Gasteiger partial charge < -0.3 is 5.11 Å². The van der Waals surface area contributed by atoms with Gasteiger partial charge in [-0.2, -0.15) is 0 Å². The van der Waals surface area contributed by atoms with Crippen molar-refractivity contribution in [2.45, 2.75) is 47.7 Å². The van der Waals surface area contributed by atoms with Crippen molar-refractivity contribution in [3.63, 3.8) is 0 Å². The molecule has 0 bridgehead atoms. The van der Waals surface area contributed by atoms with Crippen molar-refractivity contribution in [1.29, 1.82) is 0 Å². The Balaban J connectivity index is 2.80. The number of rotatable bonds is 3.